The van der Waals surface area contributed by atoms with Crippen molar-refractivity contribution in [1.82, 2.24) is 14.9 Å². The van der Waals surface area contributed by atoms with Crippen LogP contribution in [0.25, 0.3) is 11.0 Å². The zero-order valence-electron chi connectivity index (χ0n) is 19.6. The number of anilines is 1. The van der Waals surface area contributed by atoms with Gasteiger partial charge in [-0.25, -0.2) is 9.78 Å². The Balaban J connectivity index is 1.64. The van der Waals surface area contributed by atoms with Gasteiger partial charge < -0.3 is 15.0 Å². The molecule has 6 nitrogen and oxygen atoms in total. The van der Waals surface area contributed by atoms with Crippen LogP contribution < -0.4 is 10.2 Å². The van der Waals surface area contributed by atoms with E-state index >= 15 is 0 Å². The van der Waals surface area contributed by atoms with Gasteiger partial charge in [0, 0.05) is 23.6 Å². The molecular weight excluding hydrogens is 412 g/mol. The Morgan fingerprint density at radius 3 is 2.76 bits per heavy atom. The number of nitrogens with zero attached hydrogens (tertiary/aromatic N) is 3. The molecule has 2 aromatic carbocycles. The number of nitrogens with one attached hydrogen (secondary N) is 1. The maximum absolute atomic E-state index is 12.0. The molecule has 3 heterocycles. The molecule has 3 atom stereocenters. The van der Waals surface area contributed by atoms with Crippen molar-refractivity contribution >= 4 is 22.8 Å². The fraction of sp³-hybridized carbons (Fsp3) is 0.481. The summed E-state index contributed by atoms with van der Waals surface area (Å²) in [6.45, 7) is 6.36. The third kappa shape index (κ3) is 4.12. The number of aromatic nitrogens is 2. The van der Waals surface area contributed by atoms with Crippen LogP contribution in [-0.4, -0.2) is 39.9 Å². The number of fused-ring (bicyclic) bond motifs is 3. The Kier molecular flexibility index (Phi) is 6.11. The first kappa shape index (κ1) is 22.0. The molecule has 5 rings (SSSR count). The zero-order chi connectivity index (χ0) is 22.9. The second kappa shape index (κ2) is 9.18. The maximum Gasteiger partial charge on any atom is 0.412 e. The first-order valence-corrected chi connectivity index (χ1v) is 12.3. The van der Waals surface area contributed by atoms with E-state index in [1.165, 1.54) is 10.5 Å². The van der Waals surface area contributed by atoms with Crippen LogP contribution in [0.15, 0.2) is 42.5 Å². The lowest BCUT2D eigenvalue weighted by Crippen LogP contribution is -2.41. The van der Waals surface area contributed by atoms with Gasteiger partial charge in [0.2, 0.25) is 0 Å². The lowest BCUT2D eigenvalue weighted by atomic mass is 9.95. The molecule has 0 bridgehead atoms. The standard InChI is InChI=1S/C27H34N4O2/c1-18(17-20-7-4-3-5-8-20)26-29-25-22-11-10-19(2)30(27(32)33)23(22)12-13-24(25)31(26)21-9-6-15-28-16-14-21/h3-5,7-8,12-13,18-19,21,28H,6,9-11,14-17H2,1-2H3,(H,32,33)/t18-,19-,21+/m0/s1. The Morgan fingerprint density at radius 1 is 1.15 bits per heavy atom. The number of carboxylic acid groups (broad SMARTS) is 1. The number of aryl methyl sites for hydroxylation is 1. The van der Waals surface area contributed by atoms with Gasteiger partial charge in [-0.1, -0.05) is 37.3 Å². The number of rotatable bonds is 4. The Hall–Kier alpha value is -2.86. The van der Waals surface area contributed by atoms with E-state index in [4.69, 9.17) is 4.98 Å². The molecule has 174 valence electrons. The summed E-state index contributed by atoms with van der Waals surface area (Å²) < 4.78 is 2.50. The fourth-order valence-electron chi connectivity index (χ4n) is 5.76. The maximum atomic E-state index is 12.0. The van der Waals surface area contributed by atoms with Crippen LogP contribution in [0, 0.1) is 0 Å². The molecular formula is C27H34N4O2. The highest BCUT2D eigenvalue weighted by Gasteiger charge is 2.32. The van der Waals surface area contributed by atoms with Crippen molar-refractivity contribution in [2.45, 2.75) is 70.4 Å². The van der Waals surface area contributed by atoms with Crippen molar-refractivity contribution in [3.63, 3.8) is 0 Å². The van der Waals surface area contributed by atoms with E-state index in [1.54, 1.807) is 0 Å². The van der Waals surface area contributed by atoms with Crippen LogP contribution in [0.2, 0.25) is 0 Å². The number of benzene rings is 2. The molecule has 3 aromatic rings. The third-order valence-electron chi connectivity index (χ3n) is 7.42. The van der Waals surface area contributed by atoms with Crippen LogP contribution >= 0.6 is 0 Å². The summed E-state index contributed by atoms with van der Waals surface area (Å²) in [6, 6.07) is 15.2. The minimum absolute atomic E-state index is 0.0149. The van der Waals surface area contributed by atoms with E-state index in [-0.39, 0.29) is 12.0 Å². The summed E-state index contributed by atoms with van der Waals surface area (Å²) in [5.41, 5.74) is 5.38. The second-order valence-corrected chi connectivity index (χ2v) is 9.74. The molecule has 0 aliphatic carbocycles. The molecule has 0 saturated carbocycles. The average Bonchev–Trinajstić information content (AvgIpc) is 2.99. The summed E-state index contributed by atoms with van der Waals surface area (Å²) in [4.78, 5) is 18.8. The SMILES string of the molecule is C[C@@H](Cc1ccccc1)c1nc2c3c(ccc2n1[C@@H]1CCCNCC1)N(C(=O)O)[C@@H](C)CC3. The van der Waals surface area contributed by atoms with Gasteiger partial charge in [0.25, 0.3) is 0 Å². The first-order valence-electron chi connectivity index (χ1n) is 12.3. The number of carbonyl (C=O) groups is 1. The monoisotopic (exact) mass is 446 g/mol. The van der Waals surface area contributed by atoms with Crippen LogP contribution in [0.4, 0.5) is 10.5 Å². The number of amides is 1. The minimum Gasteiger partial charge on any atom is -0.465 e. The number of hydrogen-bond acceptors (Lipinski definition) is 3. The quantitative estimate of drug-likeness (QED) is 0.554. The van der Waals surface area contributed by atoms with Crippen molar-refractivity contribution < 1.29 is 9.90 Å². The zero-order valence-corrected chi connectivity index (χ0v) is 19.6. The highest BCUT2D eigenvalue weighted by Crippen LogP contribution is 2.39. The van der Waals surface area contributed by atoms with E-state index in [2.05, 4.69) is 53.2 Å². The molecule has 0 radical (unpaired) electrons. The van der Waals surface area contributed by atoms with E-state index in [0.717, 1.165) is 79.7 Å². The minimum atomic E-state index is -0.880. The summed E-state index contributed by atoms with van der Waals surface area (Å²) in [7, 11) is 0. The average molecular weight is 447 g/mol. The van der Waals surface area contributed by atoms with Gasteiger partial charge in [-0.15, -0.1) is 0 Å². The smallest absolute Gasteiger partial charge is 0.412 e. The summed E-state index contributed by atoms with van der Waals surface area (Å²) in [5, 5.41) is 13.4. The van der Waals surface area contributed by atoms with Crippen molar-refractivity contribution in [2.24, 2.45) is 0 Å². The molecule has 1 aromatic heterocycles. The largest absolute Gasteiger partial charge is 0.465 e. The lowest BCUT2D eigenvalue weighted by Gasteiger charge is -2.33. The molecule has 33 heavy (non-hydrogen) atoms. The van der Waals surface area contributed by atoms with E-state index in [1.807, 2.05) is 13.0 Å². The van der Waals surface area contributed by atoms with Crippen LogP contribution in [0.3, 0.4) is 0 Å². The van der Waals surface area contributed by atoms with Crippen molar-refractivity contribution in [3.8, 4) is 0 Å². The molecule has 0 spiro atoms. The second-order valence-electron chi connectivity index (χ2n) is 9.74. The van der Waals surface area contributed by atoms with Crippen molar-refractivity contribution in [1.29, 1.82) is 0 Å². The van der Waals surface area contributed by atoms with Crippen LogP contribution in [-0.2, 0) is 12.8 Å². The van der Waals surface area contributed by atoms with Gasteiger partial charge in [0.15, 0.2) is 0 Å². The first-order chi connectivity index (χ1) is 16.0. The molecule has 1 saturated heterocycles. The van der Waals surface area contributed by atoms with Gasteiger partial charge in [0.05, 0.1) is 16.7 Å². The highest BCUT2D eigenvalue weighted by atomic mass is 16.4. The topological polar surface area (TPSA) is 70.4 Å². The molecule has 0 unspecified atom stereocenters. The van der Waals surface area contributed by atoms with Gasteiger partial charge >= 0.3 is 6.09 Å². The van der Waals surface area contributed by atoms with E-state index < -0.39 is 6.09 Å². The van der Waals surface area contributed by atoms with Gasteiger partial charge in [-0.2, -0.15) is 0 Å². The Bertz CT molecular complexity index is 1130. The van der Waals surface area contributed by atoms with Crippen molar-refractivity contribution in [2.75, 3.05) is 18.0 Å². The van der Waals surface area contributed by atoms with E-state index in [9.17, 15) is 9.90 Å². The number of hydrogen-bond donors (Lipinski definition) is 2. The molecule has 2 N–H and O–H groups in total. The van der Waals surface area contributed by atoms with Crippen LogP contribution in [0.1, 0.15) is 68.4 Å². The summed E-state index contributed by atoms with van der Waals surface area (Å²) in [6.07, 6.45) is 5.14. The summed E-state index contributed by atoms with van der Waals surface area (Å²) in [5.74, 6) is 1.40. The van der Waals surface area contributed by atoms with E-state index in [0.29, 0.717) is 6.04 Å². The highest BCUT2D eigenvalue weighted by molar-refractivity contribution is 5.94. The predicted molar refractivity (Wildman–Crippen MR) is 132 cm³/mol. The third-order valence-corrected chi connectivity index (χ3v) is 7.42. The van der Waals surface area contributed by atoms with Gasteiger partial charge in [-0.05, 0) is 76.2 Å². The predicted octanol–water partition coefficient (Wildman–Crippen LogP) is 5.52. The molecule has 6 heteroatoms. The normalized spacial score (nSPS) is 22.1. The molecule has 2 aliphatic heterocycles. The Morgan fingerprint density at radius 2 is 1.97 bits per heavy atom. The molecule has 1 fully saturated rings. The molecule has 2 aliphatic rings. The summed E-state index contributed by atoms with van der Waals surface area (Å²) >= 11 is 0. The van der Waals surface area contributed by atoms with Gasteiger partial charge in [-0.3, -0.25) is 4.90 Å². The Labute approximate surface area is 195 Å². The van der Waals surface area contributed by atoms with Crippen LogP contribution in [0.5, 0.6) is 0 Å². The van der Waals surface area contributed by atoms with Gasteiger partial charge in [0.1, 0.15) is 5.82 Å². The lowest BCUT2D eigenvalue weighted by molar-refractivity contribution is 0.198. The van der Waals surface area contributed by atoms with Crippen molar-refractivity contribution in [3.05, 3.63) is 59.4 Å². The number of imidazole rings is 1. The molecule has 1 amide bonds. The fourth-order valence-corrected chi connectivity index (χ4v) is 5.76.